The quantitative estimate of drug-likeness (QED) is 0.341. The van der Waals surface area contributed by atoms with Gasteiger partial charge in [0.15, 0.2) is 0 Å². The fourth-order valence-electron chi connectivity index (χ4n) is 4.48. The first-order valence-corrected chi connectivity index (χ1v) is 12.3. The van der Waals surface area contributed by atoms with Gasteiger partial charge in [-0.1, -0.05) is 6.92 Å². The standard InChI is InChI=1S/C25H29FN6S/c1-4-10-31-16-22(15-27-31)29(3)33-23-9-11-30(17-23)24-13-19-14-28-32(25(19)12-18(24)2)21-7-5-20(26)6-8-21/h5-8,12-16,23H,4,9-11,17H2,1-3H3. The van der Waals surface area contributed by atoms with E-state index in [1.54, 1.807) is 12.1 Å². The van der Waals surface area contributed by atoms with Crippen molar-refractivity contribution >= 4 is 34.2 Å². The molecule has 6 nitrogen and oxygen atoms in total. The molecule has 1 aliphatic rings. The predicted molar refractivity (Wildman–Crippen MR) is 135 cm³/mol. The Morgan fingerprint density at radius 3 is 2.76 bits per heavy atom. The summed E-state index contributed by atoms with van der Waals surface area (Å²) < 4.78 is 19.5. The summed E-state index contributed by atoms with van der Waals surface area (Å²) in [7, 11) is 2.13. The number of fused-ring (bicyclic) bond motifs is 1. The van der Waals surface area contributed by atoms with Gasteiger partial charge < -0.3 is 9.21 Å². The second-order valence-electron chi connectivity index (χ2n) is 8.65. The van der Waals surface area contributed by atoms with E-state index in [-0.39, 0.29) is 5.82 Å². The summed E-state index contributed by atoms with van der Waals surface area (Å²) in [5.74, 6) is -0.240. The number of aryl methyl sites for hydroxylation is 2. The molecule has 0 aliphatic carbocycles. The smallest absolute Gasteiger partial charge is 0.123 e. The predicted octanol–water partition coefficient (Wildman–Crippen LogP) is 5.44. The third-order valence-electron chi connectivity index (χ3n) is 6.19. The average molecular weight is 465 g/mol. The second kappa shape index (κ2) is 9.09. The zero-order chi connectivity index (χ0) is 22.9. The van der Waals surface area contributed by atoms with Crippen LogP contribution in [0.5, 0.6) is 0 Å². The number of benzene rings is 2. The molecule has 1 aliphatic heterocycles. The first kappa shape index (κ1) is 21.8. The van der Waals surface area contributed by atoms with E-state index in [0.717, 1.165) is 54.8 Å². The minimum Gasteiger partial charge on any atom is -0.370 e. The maximum Gasteiger partial charge on any atom is 0.123 e. The van der Waals surface area contributed by atoms with E-state index in [9.17, 15) is 4.39 Å². The van der Waals surface area contributed by atoms with Crippen molar-refractivity contribution in [2.75, 3.05) is 29.3 Å². The van der Waals surface area contributed by atoms with Crippen LogP contribution in [0.4, 0.5) is 15.8 Å². The van der Waals surface area contributed by atoms with Crippen LogP contribution in [0.3, 0.4) is 0 Å². The van der Waals surface area contributed by atoms with Gasteiger partial charge in [0.25, 0.3) is 0 Å². The van der Waals surface area contributed by atoms with Gasteiger partial charge in [-0.2, -0.15) is 10.2 Å². The van der Waals surface area contributed by atoms with Crippen molar-refractivity contribution in [3.63, 3.8) is 0 Å². The molecule has 0 N–H and O–H groups in total. The number of nitrogens with zero attached hydrogens (tertiary/aromatic N) is 6. The zero-order valence-corrected chi connectivity index (χ0v) is 20.1. The molecule has 1 unspecified atom stereocenters. The molecule has 0 radical (unpaired) electrons. The molecule has 0 spiro atoms. The van der Waals surface area contributed by atoms with Crippen molar-refractivity contribution in [2.45, 2.75) is 38.5 Å². The van der Waals surface area contributed by atoms with E-state index in [2.05, 4.69) is 58.6 Å². The summed E-state index contributed by atoms with van der Waals surface area (Å²) in [6, 6.07) is 10.9. The lowest BCUT2D eigenvalue weighted by Crippen LogP contribution is -2.23. The van der Waals surface area contributed by atoms with Crippen LogP contribution in [0.1, 0.15) is 25.3 Å². The Morgan fingerprint density at radius 1 is 1.15 bits per heavy atom. The maximum absolute atomic E-state index is 13.3. The summed E-state index contributed by atoms with van der Waals surface area (Å²) in [5.41, 5.74) is 5.55. The van der Waals surface area contributed by atoms with Crippen molar-refractivity contribution in [1.82, 2.24) is 19.6 Å². The molecule has 172 valence electrons. The zero-order valence-electron chi connectivity index (χ0n) is 19.3. The number of rotatable bonds is 7. The fraction of sp³-hybridized carbons (Fsp3) is 0.360. The van der Waals surface area contributed by atoms with E-state index in [1.165, 1.54) is 23.4 Å². The van der Waals surface area contributed by atoms with Gasteiger partial charge in [0.1, 0.15) is 5.82 Å². The maximum atomic E-state index is 13.3. The lowest BCUT2D eigenvalue weighted by Gasteiger charge is -2.23. The van der Waals surface area contributed by atoms with E-state index in [4.69, 9.17) is 0 Å². The van der Waals surface area contributed by atoms with Gasteiger partial charge in [-0.25, -0.2) is 9.07 Å². The van der Waals surface area contributed by atoms with Gasteiger partial charge in [0.2, 0.25) is 0 Å². The lowest BCUT2D eigenvalue weighted by molar-refractivity contribution is 0.603. The van der Waals surface area contributed by atoms with Gasteiger partial charge in [0, 0.05) is 49.2 Å². The third kappa shape index (κ3) is 4.44. The van der Waals surface area contributed by atoms with E-state index >= 15 is 0 Å². The van der Waals surface area contributed by atoms with Gasteiger partial charge >= 0.3 is 0 Å². The number of hydrogen-bond donors (Lipinski definition) is 0. The first-order valence-electron chi connectivity index (χ1n) is 11.4. The van der Waals surface area contributed by atoms with Crippen molar-refractivity contribution in [3.05, 3.63) is 66.4 Å². The molecule has 0 saturated carbocycles. The van der Waals surface area contributed by atoms with Crippen LogP contribution < -0.4 is 9.21 Å². The van der Waals surface area contributed by atoms with Gasteiger partial charge in [-0.3, -0.25) is 4.68 Å². The summed E-state index contributed by atoms with van der Waals surface area (Å²) in [5, 5.41) is 10.6. The molecule has 4 aromatic rings. The molecular weight excluding hydrogens is 435 g/mol. The van der Waals surface area contributed by atoms with Crippen molar-refractivity contribution in [1.29, 1.82) is 0 Å². The minimum atomic E-state index is -0.240. The third-order valence-corrected chi connectivity index (χ3v) is 7.40. The summed E-state index contributed by atoms with van der Waals surface area (Å²) in [6.07, 6.45) is 8.20. The number of hydrogen-bond acceptors (Lipinski definition) is 5. The van der Waals surface area contributed by atoms with Crippen LogP contribution >= 0.6 is 11.9 Å². The van der Waals surface area contributed by atoms with E-state index in [0.29, 0.717) is 5.25 Å². The highest BCUT2D eigenvalue weighted by Crippen LogP contribution is 2.34. The molecule has 1 saturated heterocycles. The van der Waals surface area contributed by atoms with Crippen LogP contribution in [0, 0.1) is 12.7 Å². The molecule has 5 rings (SSSR count). The fourth-order valence-corrected chi connectivity index (χ4v) is 5.60. The molecular formula is C25H29FN6S. The molecule has 3 heterocycles. The second-order valence-corrected chi connectivity index (χ2v) is 10.1. The normalized spacial score (nSPS) is 16.1. The lowest BCUT2D eigenvalue weighted by atomic mass is 10.1. The Hall–Kier alpha value is -3.00. The number of anilines is 2. The first-order chi connectivity index (χ1) is 16.0. The van der Waals surface area contributed by atoms with Gasteiger partial charge in [-0.15, -0.1) is 0 Å². The summed E-state index contributed by atoms with van der Waals surface area (Å²) in [4.78, 5) is 2.48. The van der Waals surface area contributed by atoms with Crippen molar-refractivity contribution in [3.8, 4) is 5.69 Å². The van der Waals surface area contributed by atoms with Crippen LogP contribution in [0.25, 0.3) is 16.6 Å². The topological polar surface area (TPSA) is 42.1 Å². The molecule has 1 atom stereocenters. The van der Waals surface area contributed by atoms with Crippen LogP contribution in [-0.2, 0) is 6.54 Å². The summed E-state index contributed by atoms with van der Waals surface area (Å²) in [6.45, 7) is 7.33. The Morgan fingerprint density at radius 2 is 1.97 bits per heavy atom. The Bertz CT molecular complexity index is 1250. The Labute approximate surface area is 198 Å². The van der Waals surface area contributed by atoms with Crippen LogP contribution in [0.15, 0.2) is 55.0 Å². The monoisotopic (exact) mass is 464 g/mol. The summed E-state index contributed by atoms with van der Waals surface area (Å²) >= 11 is 1.89. The molecule has 33 heavy (non-hydrogen) atoms. The molecule has 1 fully saturated rings. The molecule has 8 heteroatoms. The Kier molecular flexibility index (Phi) is 6.01. The highest BCUT2D eigenvalue weighted by atomic mass is 32.2. The van der Waals surface area contributed by atoms with Crippen molar-refractivity contribution < 1.29 is 4.39 Å². The molecule has 0 bridgehead atoms. The number of halogens is 1. The molecule has 2 aromatic carbocycles. The Balaban J connectivity index is 1.30. The SMILES string of the molecule is CCCn1cc(N(C)SC2CCN(c3cc4cnn(-c5ccc(F)cc5)c4cc3C)C2)cn1. The highest BCUT2D eigenvalue weighted by Gasteiger charge is 2.26. The van der Waals surface area contributed by atoms with Gasteiger partial charge in [0.05, 0.1) is 29.3 Å². The average Bonchev–Trinajstić information content (AvgIpc) is 3.54. The van der Waals surface area contributed by atoms with E-state index in [1.807, 2.05) is 33.7 Å². The van der Waals surface area contributed by atoms with Crippen molar-refractivity contribution in [2.24, 2.45) is 0 Å². The number of aromatic nitrogens is 4. The largest absolute Gasteiger partial charge is 0.370 e. The van der Waals surface area contributed by atoms with Crippen LogP contribution in [-0.4, -0.2) is 44.9 Å². The molecule has 2 aromatic heterocycles. The minimum absolute atomic E-state index is 0.240. The highest BCUT2D eigenvalue weighted by molar-refractivity contribution is 8.01. The van der Waals surface area contributed by atoms with Gasteiger partial charge in [-0.05, 0) is 73.7 Å². The van der Waals surface area contributed by atoms with E-state index < -0.39 is 0 Å². The van der Waals surface area contributed by atoms with Crippen LogP contribution in [0.2, 0.25) is 0 Å². The molecule has 0 amide bonds.